The van der Waals surface area contributed by atoms with E-state index in [1.807, 2.05) is 18.2 Å². The third-order valence-corrected chi connectivity index (χ3v) is 5.25. The van der Waals surface area contributed by atoms with E-state index in [4.69, 9.17) is 21.1 Å². The van der Waals surface area contributed by atoms with Crippen molar-refractivity contribution in [2.24, 2.45) is 0 Å². The molecular weight excluding hydrogens is 423 g/mol. The van der Waals surface area contributed by atoms with E-state index < -0.39 is 0 Å². The van der Waals surface area contributed by atoms with Crippen LogP contribution in [0.2, 0.25) is 5.02 Å². The van der Waals surface area contributed by atoms with Gasteiger partial charge in [0.15, 0.2) is 0 Å². The average molecular weight is 446 g/mol. The van der Waals surface area contributed by atoms with E-state index in [2.05, 4.69) is 9.80 Å². The van der Waals surface area contributed by atoms with Gasteiger partial charge < -0.3 is 9.52 Å². The summed E-state index contributed by atoms with van der Waals surface area (Å²) < 4.78 is 6.09. The number of hydrogen-bond donors (Lipinski definition) is 1. The molecule has 28 heavy (non-hydrogen) atoms. The minimum absolute atomic E-state index is 0. The normalized spacial score (nSPS) is 15.4. The molecule has 3 aromatic rings. The maximum Gasteiger partial charge on any atom is 0.200 e. The van der Waals surface area contributed by atoms with Gasteiger partial charge in [-0.3, -0.25) is 14.6 Å². The molecule has 1 fully saturated rings. The Balaban J connectivity index is 0.00000140. The van der Waals surface area contributed by atoms with Gasteiger partial charge in [0.25, 0.3) is 0 Å². The number of aliphatic hydroxyl groups is 1. The van der Waals surface area contributed by atoms with Gasteiger partial charge in [-0.05, 0) is 18.2 Å². The molecule has 0 amide bonds. The van der Waals surface area contributed by atoms with Gasteiger partial charge in [0, 0.05) is 55.9 Å². The van der Waals surface area contributed by atoms with Crippen molar-refractivity contribution in [3.05, 3.63) is 57.2 Å². The number of aliphatic hydroxyl groups excluding tert-OH is 1. The number of halogens is 3. The number of β-amino-alcohol motifs (C(OH)–C–C–N with tert-alkyl or cyclic N) is 1. The predicted molar refractivity (Wildman–Crippen MR) is 118 cm³/mol. The zero-order valence-corrected chi connectivity index (χ0v) is 17.7. The number of piperazine rings is 1. The van der Waals surface area contributed by atoms with Gasteiger partial charge in [-0.1, -0.05) is 23.7 Å². The third kappa shape index (κ3) is 4.62. The maximum atomic E-state index is 12.8. The largest absolute Gasteiger partial charge is 0.455 e. The topological polar surface area (TPSA) is 56.9 Å². The monoisotopic (exact) mass is 444 g/mol. The fraction of sp³-hybridized carbons (Fsp3) is 0.350. The number of benzene rings is 2. The molecule has 0 radical (unpaired) electrons. The molecule has 0 atom stereocenters. The molecule has 2 heterocycles. The fourth-order valence-electron chi connectivity index (χ4n) is 3.59. The highest BCUT2D eigenvalue weighted by Gasteiger charge is 2.18. The van der Waals surface area contributed by atoms with E-state index >= 15 is 0 Å². The lowest BCUT2D eigenvalue weighted by Gasteiger charge is -2.34. The number of fused-ring (bicyclic) bond motifs is 2. The summed E-state index contributed by atoms with van der Waals surface area (Å²) in [6.07, 6.45) is 0. The minimum Gasteiger partial charge on any atom is -0.455 e. The van der Waals surface area contributed by atoms with E-state index in [0.29, 0.717) is 27.0 Å². The van der Waals surface area contributed by atoms with Gasteiger partial charge in [-0.15, -0.1) is 24.8 Å². The SMILES string of the molecule is Cl.Cl.O=c1c2ccc(Cl)cc2oc2c(CN3CCN(CCO)CC3)cccc12. The smallest absolute Gasteiger partial charge is 0.200 e. The standard InChI is InChI=1S/C20H21ClN2O3.2ClH/c21-15-4-5-16-18(12-15)26-20-14(2-1-3-17(20)19(16)25)13-23-8-6-22(7-9-23)10-11-24;;/h1-5,12,24H,6-11,13H2;2*1H. The molecule has 0 spiro atoms. The highest BCUT2D eigenvalue weighted by atomic mass is 35.5. The van der Waals surface area contributed by atoms with Gasteiger partial charge in [-0.2, -0.15) is 0 Å². The number of hydrogen-bond acceptors (Lipinski definition) is 5. The van der Waals surface area contributed by atoms with Crippen LogP contribution in [-0.2, 0) is 6.54 Å². The summed E-state index contributed by atoms with van der Waals surface area (Å²) in [5.41, 5.74) is 2.16. The molecule has 0 aliphatic carbocycles. The molecule has 1 aliphatic rings. The first-order valence-corrected chi connectivity index (χ1v) is 9.23. The van der Waals surface area contributed by atoms with Crippen molar-refractivity contribution in [3.63, 3.8) is 0 Å². The zero-order valence-electron chi connectivity index (χ0n) is 15.3. The van der Waals surface area contributed by atoms with Crippen LogP contribution in [-0.4, -0.2) is 54.2 Å². The number of para-hydroxylation sites is 1. The molecule has 4 rings (SSSR count). The molecule has 0 bridgehead atoms. The second-order valence-electron chi connectivity index (χ2n) is 6.71. The van der Waals surface area contributed by atoms with Crippen molar-refractivity contribution in [1.29, 1.82) is 0 Å². The lowest BCUT2D eigenvalue weighted by atomic mass is 10.1. The van der Waals surface area contributed by atoms with Crippen molar-refractivity contribution in [2.75, 3.05) is 39.3 Å². The Morgan fingerprint density at radius 3 is 2.43 bits per heavy atom. The van der Waals surface area contributed by atoms with Gasteiger partial charge in [0.1, 0.15) is 11.2 Å². The molecule has 152 valence electrons. The molecule has 0 saturated carbocycles. The van der Waals surface area contributed by atoms with Crippen LogP contribution < -0.4 is 5.43 Å². The van der Waals surface area contributed by atoms with Crippen molar-refractivity contribution in [2.45, 2.75) is 6.54 Å². The Hall–Kier alpha value is -1.34. The Morgan fingerprint density at radius 1 is 1.00 bits per heavy atom. The highest BCUT2D eigenvalue weighted by molar-refractivity contribution is 6.31. The Kier molecular flexibility index (Phi) is 8.13. The Labute approximate surface area is 180 Å². The van der Waals surface area contributed by atoms with E-state index in [0.717, 1.165) is 44.8 Å². The second-order valence-corrected chi connectivity index (χ2v) is 7.14. The third-order valence-electron chi connectivity index (χ3n) is 5.02. The molecule has 1 N–H and O–H groups in total. The van der Waals surface area contributed by atoms with Crippen molar-refractivity contribution in [3.8, 4) is 0 Å². The molecule has 0 unspecified atom stereocenters. The molecule has 1 saturated heterocycles. The van der Waals surface area contributed by atoms with Crippen LogP contribution in [0.25, 0.3) is 21.9 Å². The van der Waals surface area contributed by atoms with Crippen molar-refractivity contribution >= 4 is 58.4 Å². The summed E-state index contributed by atoms with van der Waals surface area (Å²) in [6.45, 7) is 5.40. The van der Waals surface area contributed by atoms with E-state index in [1.54, 1.807) is 18.2 Å². The summed E-state index contributed by atoms with van der Waals surface area (Å²) in [4.78, 5) is 17.4. The van der Waals surface area contributed by atoms with E-state index in [-0.39, 0.29) is 36.8 Å². The molecule has 1 aromatic heterocycles. The Morgan fingerprint density at radius 2 is 1.71 bits per heavy atom. The zero-order chi connectivity index (χ0) is 18.1. The summed E-state index contributed by atoms with van der Waals surface area (Å²) >= 11 is 6.06. The maximum absolute atomic E-state index is 12.8. The first-order chi connectivity index (χ1) is 12.7. The van der Waals surface area contributed by atoms with Gasteiger partial charge in [0.05, 0.1) is 17.4 Å². The second kappa shape index (κ2) is 9.92. The first kappa shape index (κ1) is 22.9. The fourth-order valence-corrected chi connectivity index (χ4v) is 3.75. The molecular formula is C20H23Cl3N2O3. The minimum atomic E-state index is -0.0208. The van der Waals surface area contributed by atoms with Crippen LogP contribution in [0.1, 0.15) is 5.56 Å². The average Bonchev–Trinajstić information content (AvgIpc) is 2.64. The van der Waals surface area contributed by atoms with Crippen LogP contribution >= 0.6 is 36.4 Å². The van der Waals surface area contributed by atoms with E-state index in [9.17, 15) is 4.79 Å². The van der Waals surface area contributed by atoms with Crippen LogP contribution in [0.3, 0.4) is 0 Å². The van der Waals surface area contributed by atoms with E-state index in [1.165, 1.54) is 0 Å². The molecule has 8 heteroatoms. The van der Waals surface area contributed by atoms with Crippen LogP contribution in [0, 0.1) is 0 Å². The first-order valence-electron chi connectivity index (χ1n) is 8.85. The lowest BCUT2D eigenvalue weighted by molar-refractivity contribution is 0.108. The van der Waals surface area contributed by atoms with Crippen LogP contribution in [0.5, 0.6) is 0 Å². The van der Waals surface area contributed by atoms with Crippen LogP contribution in [0.15, 0.2) is 45.6 Å². The van der Waals surface area contributed by atoms with Crippen LogP contribution in [0.4, 0.5) is 0 Å². The molecule has 2 aromatic carbocycles. The number of rotatable bonds is 4. The molecule has 1 aliphatic heterocycles. The van der Waals surface area contributed by atoms with Crippen molar-refractivity contribution in [1.82, 2.24) is 9.80 Å². The summed E-state index contributed by atoms with van der Waals surface area (Å²) in [6, 6.07) is 10.9. The lowest BCUT2D eigenvalue weighted by Crippen LogP contribution is -2.46. The van der Waals surface area contributed by atoms with Gasteiger partial charge >= 0.3 is 0 Å². The predicted octanol–water partition coefficient (Wildman–Crippen LogP) is 3.55. The summed E-state index contributed by atoms with van der Waals surface area (Å²) in [5.74, 6) is 0. The van der Waals surface area contributed by atoms with Gasteiger partial charge in [0.2, 0.25) is 5.43 Å². The summed E-state index contributed by atoms with van der Waals surface area (Å²) in [7, 11) is 0. The van der Waals surface area contributed by atoms with Gasteiger partial charge in [-0.25, -0.2) is 0 Å². The molecule has 5 nitrogen and oxygen atoms in total. The summed E-state index contributed by atoms with van der Waals surface area (Å²) in [5, 5.41) is 10.8. The Bertz CT molecular complexity index is 1000. The van der Waals surface area contributed by atoms with Crippen molar-refractivity contribution < 1.29 is 9.52 Å². The number of nitrogens with zero attached hydrogens (tertiary/aromatic N) is 2. The quantitative estimate of drug-likeness (QED) is 0.622. The highest BCUT2D eigenvalue weighted by Crippen LogP contribution is 2.25.